The molecule has 3 heteroatoms. The van der Waals surface area contributed by atoms with Gasteiger partial charge in [0.25, 0.3) is 0 Å². The van der Waals surface area contributed by atoms with Crippen molar-refractivity contribution in [1.29, 1.82) is 0 Å². The van der Waals surface area contributed by atoms with Crippen LogP contribution >= 0.6 is 0 Å². The molecular formula is C27H42N2O. The van der Waals surface area contributed by atoms with E-state index in [1.165, 1.54) is 36.2 Å². The van der Waals surface area contributed by atoms with Crippen LogP contribution in [0.15, 0.2) is 59.9 Å². The van der Waals surface area contributed by atoms with Gasteiger partial charge >= 0.3 is 0 Å². The van der Waals surface area contributed by atoms with Gasteiger partial charge in [0.2, 0.25) is 0 Å². The lowest BCUT2D eigenvalue weighted by molar-refractivity contribution is 0.176. The van der Waals surface area contributed by atoms with Gasteiger partial charge in [-0.25, -0.2) is 0 Å². The lowest BCUT2D eigenvalue weighted by Gasteiger charge is -2.23. The van der Waals surface area contributed by atoms with Crippen LogP contribution in [0.2, 0.25) is 0 Å². The fourth-order valence-electron chi connectivity index (χ4n) is 4.07. The maximum absolute atomic E-state index is 5.98. The molecule has 0 saturated carbocycles. The predicted molar refractivity (Wildman–Crippen MR) is 129 cm³/mol. The number of hydrogen-bond acceptors (Lipinski definition) is 3. The van der Waals surface area contributed by atoms with Crippen LogP contribution in [0.25, 0.3) is 0 Å². The SMILES string of the molecule is C/C=C/C(=C\C=C(/C)OCCCN(CCC)CC(C)C)CN1Cc2ccccc2C1. The van der Waals surface area contributed by atoms with E-state index in [1.54, 1.807) is 0 Å². The topological polar surface area (TPSA) is 15.7 Å². The summed E-state index contributed by atoms with van der Waals surface area (Å²) in [6.07, 6.45) is 11.0. The third-order valence-corrected chi connectivity index (χ3v) is 5.34. The van der Waals surface area contributed by atoms with E-state index in [-0.39, 0.29) is 0 Å². The summed E-state index contributed by atoms with van der Waals surface area (Å²) in [5.74, 6) is 1.71. The Labute approximate surface area is 185 Å². The fourth-order valence-corrected chi connectivity index (χ4v) is 4.07. The Balaban J connectivity index is 1.80. The van der Waals surface area contributed by atoms with Gasteiger partial charge in [0.05, 0.1) is 12.4 Å². The van der Waals surface area contributed by atoms with E-state index in [4.69, 9.17) is 4.74 Å². The summed E-state index contributed by atoms with van der Waals surface area (Å²) < 4.78 is 5.98. The molecular weight excluding hydrogens is 368 g/mol. The van der Waals surface area contributed by atoms with E-state index in [9.17, 15) is 0 Å². The van der Waals surface area contributed by atoms with E-state index in [0.29, 0.717) is 0 Å². The van der Waals surface area contributed by atoms with Crippen molar-refractivity contribution < 1.29 is 4.74 Å². The Morgan fingerprint density at radius 2 is 1.83 bits per heavy atom. The molecule has 1 aromatic rings. The maximum atomic E-state index is 5.98. The fraction of sp³-hybridized carbons (Fsp3) is 0.556. The molecule has 30 heavy (non-hydrogen) atoms. The van der Waals surface area contributed by atoms with Crippen LogP contribution < -0.4 is 0 Å². The van der Waals surface area contributed by atoms with E-state index < -0.39 is 0 Å². The van der Waals surface area contributed by atoms with Crippen molar-refractivity contribution in [3.63, 3.8) is 0 Å². The lowest BCUT2D eigenvalue weighted by Crippen LogP contribution is -2.30. The number of nitrogens with zero attached hydrogens (tertiary/aromatic N) is 2. The average Bonchev–Trinajstić information content (AvgIpc) is 3.11. The van der Waals surface area contributed by atoms with Crippen LogP contribution in [0.3, 0.4) is 0 Å². The van der Waals surface area contributed by atoms with Gasteiger partial charge in [-0.1, -0.05) is 63.3 Å². The summed E-state index contributed by atoms with van der Waals surface area (Å²) in [6, 6.07) is 8.77. The number of allylic oxidation sites excluding steroid dienone is 4. The van der Waals surface area contributed by atoms with Crippen molar-refractivity contribution in [2.75, 3.05) is 32.8 Å². The minimum absolute atomic E-state index is 0.720. The van der Waals surface area contributed by atoms with Crippen LogP contribution in [0.1, 0.15) is 58.6 Å². The van der Waals surface area contributed by atoms with Gasteiger partial charge < -0.3 is 9.64 Å². The normalized spacial score (nSPS) is 15.6. The van der Waals surface area contributed by atoms with E-state index in [0.717, 1.165) is 50.9 Å². The molecule has 1 aromatic carbocycles. The minimum Gasteiger partial charge on any atom is -0.498 e. The number of fused-ring (bicyclic) bond motifs is 1. The Hall–Kier alpha value is -1.84. The monoisotopic (exact) mass is 410 g/mol. The summed E-state index contributed by atoms with van der Waals surface area (Å²) in [4.78, 5) is 5.06. The van der Waals surface area contributed by atoms with Gasteiger partial charge in [-0.05, 0) is 61.9 Å². The first-order valence-electron chi connectivity index (χ1n) is 11.7. The van der Waals surface area contributed by atoms with Crippen LogP contribution in [0.5, 0.6) is 0 Å². The van der Waals surface area contributed by atoms with Crippen molar-refractivity contribution in [1.82, 2.24) is 9.80 Å². The predicted octanol–water partition coefficient (Wildman–Crippen LogP) is 6.18. The molecule has 0 atom stereocenters. The highest BCUT2D eigenvalue weighted by Gasteiger charge is 2.18. The van der Waals surface area contributed by atoms with Crippen LogP contribution in [0.4, 0.5) is 0 Å². The molecule has 0 aliphatic carbocycles. The van der Waals surface area contributed by atoms with Gasteiger partial charge in [0, 0.05) is 32.7 Å². The zero-order valence-electron chi connectivity index (χ0n) is 19.9. The minimum atomic E-state index is 0.720. The second-order valence-corrected chi connectivity index (χ2v) is 8.83. The Kier molecular flexibility index (Phi) is 11.0. The molecule has 0 aromatic heterocycles. The van der Waals surface area contributed by atoms with Gasteiger partial charge in [-0.3, -0.25) is 4.90 Å². The molecule has 0 spiro atoms. The highest BCUT2D eigenvalue weighted by Crippen LogP contribution is 2.23. The van der Waals surface area contributed by atoms with Crippen LogP contribution in [0, 0.1) is 5.92 Å². The summed E-state index contributed by atoms with van der Waals surface area (Å²) in [6.45, 7) is 18.3. The second kappa shape index (κ2) is 13.5. The number of rotatable bonds is 13. The summed E-state index contributed by atoms with van der Waals surface area (Å²) in [7, 11) is 0. The molecule has 0 fully saturated rings. The molecule has 0 radical (unpaired) electrons. The first kappa shape index (κ1) is 24.4. The number of ether oxygens (including phenoxy) is 1. The largest absolute Gasteiger partial charge is 0.498 e. The van der Waals surface area contributed by atoms with Crippen molar-refractivity contribution in [2.24, 2.45) is 5.92 Å². The summed E-state index contributed by atoms with van der Waals surface area (Å²) in [5, 5.41) is 0. The lowest BCUT2D eigenvalue weighted by atomic mass is 10.1. The smallest absolute Gasteiger partial charge is 0.0928 e. The zero-order valence-corrected chi connectivity index (χ0v) is 19.9. The quantitative estimate of drug-likeness (QED) is 0.219. The van der Waals surface area contributed by atoms with Gasteiger partial charge in [0.15, 0.2) is 0 Å². The molecule has 1 heterocycles. The van der Waals surface area contributed by atoms with Crippen LogP contribution in [-0.4, -0.2) is 42.6 Å². The third kappa shape index (κ3) is 8.89. The number of hydrogen-bond donors (Lipinski definition) is 0. The van der Waals surface area contributed by atoms with E-state index in [2.05, 4.69) is 93.0 Å². The molecule has 0 unspecified atom stereocenters. The molecule has 2 rings (SSSR count). The first-order valence-corrected chi connectivity index (χ1v) is 11.7. The molecule has 1 aliphatic rings. The highest BCUT2D eigenvalue weighted by molar-refractivity contribution is 5.32. The number of benzene rings is 1. The first-order chi connectivity index (χ1) is 14.5. The van der Waals surface area contributed by atoms with Crippen molar-refractivity contribution in [2.45, 2.75) is 60.5 Å². The molecule has 166 valence electrons. The average molecular weight is 411 g/mol. The zero-order chi connectivity index (χ0) is 21.8. The van der Waals surface area contributed by atoms with Crippen molar-refractivity contribution >= 4 is 0 Å². The van der Waals surface area contributed by atoms with E-state index in [1.807, 2.05) is 0 Å². The molecule has 0 N–H and O–H groups in total. The maximum Gasteiger partial charge on any atom is 0.0928 e. The van der Waals surface area contributed by atoms with Gasteiger partial charge in [-0.15, -0.1) is 0 Å². The van der Waals surface area contributed by atoms with Crippen molar-refractivity contribution in [3.05, 3.63) is 71.0 Å². The second-order valence-electron chi connectivity index (χ2n) is 8.83. The van der Waals surface area contributed by atoms with Crippen LogP contribution in [-0.2, 0) is 17.8 Å². The molecule has 0 saturated heterocycles. The third-order valence-electron chi connectivity index (χ3n) is 5.34. The van der Waals surface area contributed by atoms with Gasteiger partial charge in [-0.2, -0.15) is 0 Å². The Bertz CT molecular complexity index is 692. The summed E-state index contributed by atoms with van der Waals surface area (Å²) in [5.41, 5.74) is 4.24. The Morgan fingerprint density at radius 3 is 2.43 bits per heavy atom. The summed E-state index contributed by atoms with van der Waals surface area (Å²) >= 11 is 0. The molecule has 0 amide bonds. The van der Waals surface area contributed by atoms with Crippen molar-refractivity contribution in [3.8, 4) is 0 Å². The molecule has 0 bridgehead atoms. The highest BCUT2D eigenvalue weighted by atomic mass is 16.5. The molecule has 3 nitrogen and oxygen atoms in total. The standard InChI is InChI=1S/C27H42N2O/c1-6-11-25(20-29-21-26-12-8-9-13-27(26)22-29)15-14-24(5)30-18-10-17-28(16-7-2)19-23(3)4/h6,8-9,11-15,23H,7,10,16-22H2,1-5H3/b11-6+,24-14+,25-15+. The Morgan fingerprint density at radius 1 is 1.13 bits per heavy atom. The molecule has 1 aliphatic heterocycles. The van der Waals surface area contributed by atoms with Gasteiger partial charge in [0.1, 0.15) is 0 Å². The van der Waals surface area contributed by atoms with E-state index >= 15 is 0 Å².